The van der Waals surface area contributed by atoms with E-state index in [1.165, 1.54) is 6.92 Å². The van der Waals surface area contributed by atoms with Gasteiger partial charge in [-0.05, 0) is 20.9 Å². The van der Waals surface area contributed by atoms with E-state index in [9.17, 15) is 9.59 Å². The first-order valence-corrected chi connectivity index (χ1v) is 4.38. The number of Topliss-reactive ketones (excluding diaryl/α,β-unsaturated/α-hetero) is 1. The molecule has 2 atom stereocenters. The summed E-state index contributed by atoms with van der Waals surface area (Å²) in [4.78, 5) is 22.3. The lowest BCUT2D eigenvalue weighted by Gasteiger charge is -2.19. The summed E-state index contributed by atoms with van der Waals surface area (Å²) in [5.41, 5.74) is 0. The zero-order valence-electron chi connectivity index (χ0n) is 8.59. The molecule has 0 amide bonds. The number of nitrogens with one attached hydrogen (secondary N) is 1. The number of ether oxygens (including phenoxy) is 1. The van der Waals surface area contributed by atoms with Crippen molar-refractivity contribution in [1.29, 1.82) is 0 Å². The third-order valence-electron chi connectivity index (χ3n) is 1.99. The van der Waals surface area contributed by atoms with Crippen molar-refractivity contribution in [1.82, 2.24) is 5.32 Å². The Morgan fingerprint density at radius 3 is 2.31 bits per heavy atom. The smallest absolute Gasteiger partial charge is 0.323 e. The normalized spacial score (nSPS) is 14.8. The lowest BCUT2D eigenvalue weighted by Crippen LogP contribution is -2.43. The van der Waals surface area contributed by atoms with Crippen LogP contribution in [0.2, 0.25) is 0 Å². The molecule has 0 rings (SSSR count). The fourth-order valence-corrected chi connectivity index (χ4v) is 1.04. The topological polar surface area (TPSA) is 55.4 Å². The highest BCUT2D eigenvalue weighted by molar-refractivity contribution is 5.87. The van der Waals surface area contributed by atoms with Crippen LogP contribution in [0.4, 0.5) is 0 Å². The van der Waals surface area contributed by atoms with Gasteiger partial charge in [0.1, 0.15) is 11.8 Å². The van der Waals surface area contributed by atoms with Crippen LogP contribution in [0.25, 0.3) is 0 Å². The van der Waals surface area contributed by atoms with Crippen LogP contribution in [0.15, 0.2) is 0 Å². The van der Waals surface area contributed by atoms with Crippen molar-refractivity contribution in [2.75, 3.05) is 13.7 Å². The minimum Gasteiger partial charge on any atom is -0.465 e. The van der Waals surface area contributed by atoms with Gasteiger partial charge in [0.15, 0.2) is 0 Å². The van der Waals surface area contributed by atoms with E-state index in [1.54, 1.807) is 20.9 Å². The zero-order valence-corrected chi connectivity index (χ0v) is 8.59. The van der Waals surface area contributed by atoms with Crippen molar-refractivity contribution >= 4 is 11.8 Å². The molecule has 0 aliphatic carbocycles. The first kappa shape index (κ1) is 12.1. The summed E-state index contributed by atoms with van der Waals surface area (Å²) in [5.74, 6) is -0.732. The van der Waals surface area contributed by atoms with E-state index in [2.05, 4.69) is 5.32 Å². The van der Waals surface area contributed by atoms with E-state index in [0.717, 1.165) is 0 Å². The van der Waals surface area contributed by atoms with Crippen molar-refractivity contribution in [3.05, 3.63) is 0 Å². The molecule has 13 heavy (non-hydrogen) atoms. The Hall–Kier alpha value is -0.900. The number of carbonyl (C=O) groups is 2. The summed E-state index contributed by atoms with van der Waals surface area (Å²) in [5, 5.41) is 2.77. The molecular weight excluding hydrogens is 170 g/mol. The highest BCUT2D eigenvalue weighted by atomic mass is 16.5. The first-order chi connectivity index (χ1) is 6.04. The highest BCUT2D eigenvalue weighted by Crippen LogP contribution is 2.05. The molecule has 0 aliphatic rings. The number of likely N-dealkylation sites (N-methyl/N-ethyl adjacent to an activating group) is 1. The number of hydrogen-bond donors (Lipinski definition) is 1. The molecule has 0 aromatic heterocycles. The molecule has 0 aromatic carbocycles. The molecule has 4 heteroatoms. The Morgan fingerprint density at radius 2 is 2.00 bits per heavy atom. The molecule has 76 valence electrons. The molecule has 2 unspecified atom stereocenters. The van der Waals surface area contributed by atoms with Crippen molar-refractivity contribution < 1.29 is 14.3 Å². The summed E-state index contributed by atoms with van der Waals surface area (Å²) >= 11 is 0. The molecule has 0 spiro atoms. The Bertz CT molecular complexity index is 191. The van der Waals surface area contributed by atoms with Gasteiger partial charge in [-0.3, -0.25) is 9.59 Å². The Balaban J connectivity index is 4.31. The van der Waals surface area contributed by atoms with Crippen LogP contribution in [0.1, 0.15) is 20.8 Å². The summed E-state index contributed by atoms with van der Waals surface area (Å²) in [7, 11) is 1.64. The van der Waals surface area contributed by atoms with Crippen LogP contribution < -0.4 is 5.32 Å². The summed E-state index contributed by atoms with van der Waals surface area (Å²) < 4.78 is 4.81. The molecular formula is C9H17NO3. The van der Waals surface area contributed by atoms with Gasteiger partial charge in [0.2, 0.25) is 0 Å². The minimum absolute atomic E-state index is 0.0209. The van der Waals surface area contributed by atoms with Gasteiger partial charge in [0.05, 0.1) is 6.61 Å². The molecule has 4 nitrogen and oxygen atoms in total. The predicted molar refractivity (Wildman–Crippen MR) is 49.3 cm³/mol. The van der Waals surface area contributed by atoms with Gasteiger partial charge in [0, 0.05) is 5.92 Å². The van der Waals surface area contributed by atoms with Crippen molar-refractivity contribution in [2.24, 2.45) is 5.92 Å². The van der Waals surface area contributed by atoms with Gasteiger partial charge in [-0.25, -0.2) is 0 Å². The second-order valence-corrected chi connectivity index (χ2v) is 2.92. The number of rotatable bonds is 5. The molecule has 0 heterocycles. The largest absolute Gasteiger partial charge is 0.465 e. The zero-order chi connectivity index (χ0) is 10.4. The van der Waals surface area contributed by atoms with Crippen molar-refractivity contribution in [2.45, 2.75) is 26.8 Å². The highest BCUT2D eigenvalue weighted by Gasteiger charge is 2.27. The average Bonchev–Trinajstić information content (AvgIpc) is 2.05. The molecule has 1 N–H and O–H groups in total. The monoisotopic (exact) mass is 187 g/mol. The first-order valence-electron chi connectivity index (χ1n) is 4.38. The molecule has 0 radical (unpaired) electrons. The summed E-state index contributed by atoms with van der Waals surface area (Å²) in [6.07, 6.45) is 0. The maximum atomic E-state index is 11.3. The molecule has 0 bridgehead atoms. The number of ketones is 1. The average molecular weight is 187 g/mol. The summed E-state index contributed by atoms with van der Waals surface area (Å²) in [6.45, 7) is 5.25. The predicted octanol–water partition coefficient (Wildman–Crippen LogP) is 0.363. The van der Waals surface area contributed by atoms with Gasteiger partial charge in [-0.1, -0.05) is 6.92 Å². The van der Waals surface area contributed by atoms with E-state index < -0.39 is 6.04 Å². The second-order valence-electron chi connectivity index (χ2n) is 2.92. The molecule has 0 fully saturated rings. The Morgan fingerprint density at radius 1 is 1.46 bits per heavy atom. The van der Waals surface area contributed by atoms with Gasteiger partial charge >= 0.3 is 5.97 Å². The van der Waals surface area contributed by atoms with Crippen LogP contribution in [0, 0.1) is 5.92 Å². The van der Waals surface area contributed by atoms with Crippen LogP contribution in [-0.2, 0) is 14.3 Å². The van der Waals surface area contributed by atoms with E-state index in [4.69, 9.17) is 4.74 Å². The van der Waals surface area contributed by atoms with Crippen molar-refractivity contribution in [3.63, 3.8) is 0 Å². The standard InChI is InChI=1S/C9H17NO3/c1-5-13-9(12)8(10-4)6(2)7(3)11/h6,8,10H,5H2,1-4H3. The fourth-order valence-electron chi connectivity index (χ4n) is 1.04. The second kappa shape index (κ2) is 5.70. The fraction of sp³-hybridized carbons (Fsp3) is 0.778. The van der Waals surface area contributed by atoms with Crippen LogP contribution in [0.5, 0.6) is 0 Å². The SMILES string of the molecule is CCOC(=O)C(NC)C(C)C(C)=O. The quantitative estimate of drug-likeness (QED) is 0.631. The Labute approximate surface area is 78.6 Å². The third-order valence-corrected chi connectivity index (χ3v) is 1.99. The third kappa shape index (κ3) is 3.55. The maximum absolute atomic E-state index is 11.3. The van der Waals surface area contributed by atoms with Gasteiger partial charge < -0.3 is 10.1 Å². The van der Waals surface area contributed by atoms with E-state index in [1.807, 2.05) is 0 Å². The van der Waals surface area contributed by atoms with Crippen LogP contribution >= 0.6 is 0 Å². The van der Waals surface area contributed by atoms with E-state index in [-0.39, 0.29) is 17.7 Å². The van der Waals surface area contributed by atoms with E-state index in [0.29, 0.717) is 6.61 Å². The lowest BCUT2D eigenvalue weighted by molar-refractivity contribution is -0.148. The number of esters is 1. The lowest BCUT2D eigenvalue weighted by atomic mass is 9.98. The molecule has 0 saturated carbocycles. The van der Waals surface area contributed by atoms with Crippen molar-refractivity contribution in [3.8, 4) is 0 Å². The van der Waals surface area contributed by atoms with E-state index >= 15 is 0 Å². The van der Waals surface area contributed by atoms with Gasteiger partial charge in [-0.15, -0.1) is 0 Å². The minimum atomic E-state index is -0.530. The van der Waals surface area contributed by atoms with Crippen LogP contribution in [-0.4, -0.2) is 31.4 Å². The molecule has 0 saturated heterocycles. The van der Waals surface area contributed by atoms with Gasteiger partial charge in [-0.2, -0.15) is 0 Å². The molecule has 0 aliphatic heterocycles. The number of carbonyl (C=O) groups excluding carboxylic acids is 2. The Kier molecular flexibility index (Phi) is 5.30. The summed E-state index contributed by atoms with van der Waals surface area (Å²) in [6, 6.07) is -0.530. The number of hydrogen-bond acceptors (Lipinski definition) is 4. The van der Waals surface area contributed by atoms with Gasteiger partial charge in [0.25, 0.3) is 0 Å². The van der Waals surface area contributed by atoms with Crippen LogP contribution in [0.3, 0.4) is 0 Å². The maximum Gasteiger partial charge on any atom is 0.323 e. The molecule has 0 aromatic rings.